The van der Waals surface area contributed by atoms with E-state index in [1.165, 1.54) is 5.56 Å². The number of anilines is 1. The van der Waals surface area contributed by atoms with Crippen molar-refractivity contribution in [2.24, 2.45) is 0 Å². The maximum atomic E-state index is 11.3. The Hall–Kier alpha value is -0.550. The normalized spacial score (nSPS) is 11.4. The van der Waals surface area contributed by atoms with Gasteiger partial charge in [-0.25, -0.2) is 8.42 Å². The summed E-state index contributed by atoms with van der Waals surface area (Å²) in [7, 11) is -2.89. The van der Waals surface area contributed by atoms with Crippen LogP contribution < -0.4 is 5.32 Å². The number of rotatable bonds is 5. The van der Waals surface area contributed by atoms with E-state index in [4.69, 9.17) is 0 Å². The fourth-order valence-electron chi connectivity index (χ4n) is 1.25. The van der Waals surface area contributed by atoms with Crippen molar-refractivity contribution in [3.8, 4) is 0 Å². The van der Waals surface area contributed by atoms with E-state index in [2.05, 4.69) is 21.2 Å². The fourth-order valence-corrected chi connectivity index (χ4v) is 2.58. The molecule has 16 heavy (non-hydrogen) atoms. The third kappa shape index (κ3) is 4.14. The zero-order valence-electron chi connectivity index (χ0n) is 9.46. The lowest BCUT2D eigenvalue weighted by Gasteiger charge is -2.09. The molecule has 0 aromatic heterocycles. The average Bonchev–Trinajstić information content (AvgIpc) is 2.21. The Morgan fingerprint density at radius 2 is 2.06 bits per heavy atom. The summed E-state index contributed by atoms with van der Waals surface area (Å²) in [5, 5.41) is 3.10. The van der Waals surface area contributed by atoms with Crippen LogP contribution in [-0.4, -0.2) is 26.5 Å². The maximum Gasteiger partial charge on any atom is 0.151 e. The number of aryl methyl sites for hydroxylation is 1. The molecular weight excluding hydrogens is 290 g/mol. The van der Waals surface area contributed by atoms with Gasteiger partial charge in [-0.05, 0) is 40.5 Å². The molecule has 1 N–H and O–H groups in total. The molecule has 1 rings (SSSR count). The molecular formula is C11H16BrNO2S. The molecule has 1 aromatic rings. The molecule has 0 spiro atoms. The van der Waals surface area contributed by atoms with Crippen LogP contribution in [0.4, 0.5) is 5.69 Å². The zero-order chi connectivity index (χ0) is 12.2. The van der Waals surface area contributed by atoms with Gasteiger partial charge in [0.25, 0.3) is 0 Å². The van der Waals surface area contributed by atoms with Crippen LogP contribution in [0.15, 0.2) is 22.7 Å². The summed E-state index contributed by atoms with van der Waals surface area (Å²) < 4.78 is 23.5. The highest BCUT2D eigenvalue weighted by Gasteiger charge is 2.07. The molecule has 3 nitrogen and oxygen atoms in total. The number of sulfone groups is 1. The summed E-state index contributed by atoms with van der Waals surface area (Å²) in [5.41, 5.74) is 2.09. The monoisotopic (exact) mass is 305 g/mol. The molecule has 0 fully saturated rings. The molecule has 0 saturated heterocycles. The lowest BCUT2D eigenvalue weighted by molar-refractivity contribution is 0.597. The van der Waals surface area contributed by atoms with Gasteiger partial charge in [0.2, 0.25) is 0 Å². The van der Waals surface area contributed by atoms with Crippen LogP contribution in [0.25, 0.3) is 0 Å². The first kappa shape index (κ1) is 13.5. The second kappa shape index (κ2) is 5.68. The first-order valence-electron chi connectivity index (χ1n) is 5.15. The first-order chi connectivity index (χ1) is 7.44. The van der Waals surface area contributed by atoms with Gasteiger partial charge in [-0.3, -0.25) is 0 Å². The standard InChI is InChI=1S/C11H16BrNO2S/c1-3-16(14,15)7-6-13-11-5-4-9(2)8-10(11)12/h4-5,8,13H,3,6-7H2,1-2H3. The van der Waals surface area contributed by atoms with Gasteiger partial charge in [-0.2, -0.15) is 0 Å². The number of benzene rings is 1. The Kier molecular flexibility index (Phi) is 4.80. The van der Waals surface area contributed by atoms with Gasteiger partial charge in [0, 0.05) is 22.5 Å². The highest BCUT2D eigenvalue weighted by atomic mass is 79.9. The van der Waals surface area contributed by atoms with Crippen molar-refractivity contribution in [2.45, 2.75) is 13.8 Å². The third-order valence-electron chi connectivity index (χ3n) is 2.29. The summed E-state index contributed by atoms with van der Waals surface area (Å²) in [6.45, 7) is 4.12. The number of halogens is 1. The molecule has 0 bridgehead atoms. The summed E-state index contributed by atoms with van der Waals surface area (Å²) in [6.07, 6.45) is 0. The van der Waals surface area contributed by atoms with E-state index in [9.17, 15) is 8.42 Å². The van der Waals surface area contributed by atoms with Crippen LogP contribution in [-0.2, 0) is 9.84 Å². The van der Waals surface area contributed by atoms with Gasteiger partial charge in [0.15, 0.2) is 9.84 Å². The topological polar surface area (TPSA) is 46.2 Å². The number of hydrogen-bond acceptors (Lipinski definition) is 3. The number of hydrogen-bond donors (Lipinski definition) is 1. The molecule has 0 aliphatic carbocycles. The lowest BCUT2D eigenvalue weighted by atomic mass is 10.2. The van der Waals surface area contributed by atoms with Crippen LogP contribution in [0.1, 0.15) is 12.5 Å². The predicted molar refractivity (Wildman–Crippen MR) is 71.7 cm³/mol. The van der Waals surface area contributed by atoms with Gasteiger partial charge < -0.3 is 5.32 Å². The molecule has 90 valence electrons. The molecule has 0 saturated carbocycles. The van der Waals surface area contributed by atoms with Crippen molar-refractivity contribution >= 4 is 31.5 Å². The highest BCUT2D eigenvalue weighted by molar-refractivity contribution is 9.10. The quantitative estimate of drug-likeness (QED) is 0.909. The third-order valence-corrected chi connectivity index (χ3v) is 4.65. The van der Waals surface area contributed by atoms with Crippen molar-refractivity contribution < 1.29 is 8.42 Å². The summed E-state index contributed by atoms with van der Waals surface area (Å²) >= 11 is 3.43. The van der Waals surface area contributed by atoms with E-state index in [-0.39, 0.29) is 11.5 Å². The molecule has 0 amide bonds. The van der Waals surface area contributed by atoms with Crippen LogP contribution in [0.3, 0.4) is 0 Å². The average molecular weight is 306 g/mol. The predicted octanol–water partition coefficient (Wildman–Crippen LogP) is 2.60. The van der Waals surface area contributed by atoms with E-state index in [0.717, 1.165) is 10.2 Å². The molecule has 0 atom stereocenters. The van der Waals surface area contributed by atoms with Gasteiger partial charge in [0.1, 0.15) is 0 Å². The Labute approximate surface area is 105 Å². The fraction of sp³-hybridized carbons (Fsp3) is 0.455. The van der Waals surface area contributed by atoms with Gasteiger partial charge in [-0.15, -0.1) is 0 Å². The summed E-state index contributed by atoms with van der Waals surface area (Å²) in [5.74, 6) is 0.369. The molecule has 0 radical (unpaired) electrons. The van der Waals surface area contributed by atoms with Crippen LogP contribution in [0.5, 0.6) is 0 Å². The lowest BCUT2D eigenvalue weighted by Crippen LogP contribution is -2.17. The van der Waals surface area contributed by atoms with Gasteiger partial charge in [0.05, 0.1) is 5.75 Å². The maximum absolute atomic E-state index is 11.3. The van der Waals surface area contributed by atoms with E-state index in [1.54, 1.807) is 6.92 Å². The van der Waals surface area contributed by atoms with Crippen LogP contribution in [0.2, 0.25) is 0 Å². The largest absolute Gasteiger partial charge is 0.383 e. The van der Waals surface area contributed by atoms with Crippen molar-refractivity contribution in [1.29, 1.82) is 0 Å². The van der Waals surface area contributed by atoms with Gasteiger partial charge >= 0.3 is 0 Å². The molecule has 0 unspecified atom stereocenters. The molecule has 0 aliphatic rings. The SMILES string of the molecule is CCS(=O)(=O)CCNc1ccc(C)cc1Br. The van der Waals surface area contributed by atoms with Crippen molar-refractivity contribution in [1.82, 2.24) is 0 Å². The minimum absolute atomic E-state index is 0.170. The van der Waals surface area contributed by atoms with E-state index in [1.807, 2.05) is 25.1 Å². The van der Waals surface area contributed by atoms with Crippen molar-refractivity contribution in [3.63, 3.8) is 0 Å². The Bertz CT molecular complexity index is 457. The minimum Gasteiger partial charge on any atom is -0.383 e. The van der Waals surface area contributed by atoms with E-state index < -0.39 is 9.84 Å². The van der Waals surface area contributed by atoms with Crippen molar-refractivity contribution in [3.05, 3.63) is 28.2 Å². The highest BCUT2D eigenvalue weighted by Crippen LogP contribution is 2.22. The second-order valence-electron chi connectivity index (χ2n) is 3.65. The summed E-state index contributed by atoms with van der Waals surface area (Å²) in [6, 6.07) is 5.93. The van der Waals surface area contributed by atoms with Crippen LogP contribution in [0, 0.1) is 6.92 Å². The van der Waals surface area contributed by atoms with E-state index >= 15 is 0 Å². The number of nitrogens with one attached hydrogen (secondary N) is 1. The Morgan fingerprint density at radius 1 is 1.38 bits per heavy atom. The van der Waals surface area contributed by atoms with E-state index in [0.29, 0.717) is 6.54 Å². The molecule has 0 heterocycles. The summed E-state index contributed by atoms with van der Waals surface area (Å²) in [4.78, 5) is 0. The Morgan fingerprint density at radius 3 is 2.62 bits per heavy atom. The molecule has 5 heteroatoms. The minimum atomic E-state index is -2.89. The molecule has 1 aromatic carbocycles. The van der Waals surface area contributed by atoms with Gasteiger partial charge in [-0.1, -0.05) is 13.0 Å². The van der Waals surface area contributed by atoms with Crippen molar-refractivity contribution in [2.75, 3.05) is 23.4 Å². The first-order valence-corrected chi connectivity index (χ1v) is 7.76. The second-order valence-corrected chi connectivity index (χ2v) is 6.97. The zero-order valence-corrected chi connectivity index (χ0v) is 11.9. The van der Waals surface area contributed by atoms with Crippen LogP contribution >= 0.6 is 15.9 Å². The molecule has 0 aliphatic heterocycles. The smallest absolute Gasteiger partial charge is 0.151 e. The Balaban J connectivity index is 2.56.